The largest absolute Gasteiger partial charge is 0.446 e. The van der Waals surface area contributed by atoms with Gasteiger partial charge in [0.2, 0.25) is 0 Å². The number of rotatable bonds is 7. The van der Waals surface area contributed by atoms with Crippen LogP contribution in [0.1, 0.15) is 137 Å². The van der Waals surface area contributed by atoms with Gasteiger partial charge in [-0.2, -0.15) is 0 Å². The van der Waals surface area contributed by atoms with E-state index in [4.69, 9.17) is 4.74 Å². The monoisotopic (exact) mass is 511 g/mol. The zero-order valence-electron chi connectivity index (χ0n) is 24.8. The van der Waals surface area contributed by atoms with Crippen molar-refractivity contribution in [2.75, 3.05) is 0 Å². The van der Waals surface area contributed by atoms with E-state index >= 15 is 0 Å². The lowest BCUT2D eigenvalue weighted by molar-refractivity contribution is -0.0582. The average Bonchev–Trinajstić information content (AvgIpc) is 3.22. The summed E-state index contributed by atoms with van der Waals surface area (Å²) in [6.45, 7) is 12.6. The Morgan fingerprint density at radius 3 is 2.51 bits per heavy atom. The highest BCUT2D eigenvalue weighted by Gasteiger charge is 2.59. The third-order valence-electron chi connectivity index (χ3n) is 12.5. The Kier molecular flexibility index (Phi) is 8.38. The van der Waals surface area contributed by atoms with Gasteiger partial charge in [0.15, 0.2) is 0 Å². The Morgan fingerprint density at radius 1 is 0.973 bits per heavy atom. The number of carbonyl (C=O) groups excluding carboxylic acids is 1. The van der Waals surface area contributed by atoms with Crippen molar-refractivity contribution in [1.82, 2.24) is 5.32 Å². The molecule has 0 aromatic heterocycles. The second-order valence-electron chi connectivity index (χ2n) is 15.0. The van der Waals surface area contributed by atoms with Crippen LogP contribution in [-0.2, 0) is 4.74 Å². The number of ether oxygens (including phenoxy) is 1. The van der Waals surface area contributed by atoms with E-state index in [9.17, 15) is 4.79 Å². The Labute approximate surface area is 228 Å². The molecule has 0 aromatic rings. The van der Waals surface area contributed by atoms with Crippen LogP contribution < -0.4 is 5.32 Å². The minimum atomic E-state index is -0.164. The first kappa shape index (κ1) is 27.6. The summed E-state index contributed by atoms with van der Waals surface area (Å²) in [5.74, 6) is 5.25. The number of amides is 1. The van der Waals surface area contributed by atoms with Gasteiger partial charge in [0.1, 0.15) is 6.10 Å². The number of hydrogen-bond donors (Lipinski definition) is 1. The van der Waals surface area contributed by atoms with Gasteiger partial charge in [0.25, 0.3) is 0 Å². The maximum absolute atomic E-state index is 12.6. The number of alkyl carbamates (subject to hydrolysis) is 1. The molecule has 0 spiro atoms. The van der Waals surface area contributed by atoms with Crippen molar-refractivity contribution in [3.05, 3.63) is 11.6 Å². The van der Waals surface area contributed by atoms with Crippen LogP contribution in [0.15, 0.2) is 11.6 Å². The fourth-order valence-corrected chi connectivity index (χ4v) is 10.4. The van der Waals surface area contributed by atoms with Gasteiger partial charge in [0.05, 0.1) is 0 Å². The summed E-state index contributed by atoms with van der Waals surface area (Å²) in [6.07, 6.45) is 23.0. The van der Waals surface area contributed by atoms with Crippen molar-refractivity contribution in [1.29, 1.82) is 0 Å². The van der Waals surface area contributed by atoms with Gasteiger partial charge in [0, 0.05) is 12.5 Å². The van der Waals surface area contributed by atoms with E-state index in [0.717, 1.165) is 61.2 Å². The molecule has 4 fully saturated rings. The molecule has 5 aliphatic carbocycles. The molecule has 0 bridgehead atoms. The first-order valence-electron chi connectivity index (χ1n) is 16.4. The van der Waals surface area contributed by atoms with Crippen LogP contribution in [0.3, 0.4) is 0 Å². The minimum Gasteiger partial charge on any atom is -0.446 e. The third kappa shape index (κ3) is 5.54. The number of carbonyl (C=O) groups is 1. The van der Waals surface area contributed by atoms with Gasteiger partial charge in [-0.3, -0.25) is 0 Å². The fraction of sp³-hybridized carbons (Fsp3) is 0.912. The average molecular weight is 512 g/mol. The first-order valence-corrected chi connectivity index (χ1v) is 16.4. The summed E-state index contributed by atoms with van der Waals surface area (Å²) < 4.78 is 6.01. The molecule has 0 unspecified atom stereocenters. The maximum atomic E-state index is 12.6. The van der Waals surface area contributed by atoms with Crippen LogP contribution in [0.4, 0.5) is 4.79 Å². The zero-order valence-corrected chi connectivity index (χ0v) is 24.8. The van der Waals surface area contributed by atoms with E-state index < -0.39 is 0 Å². The molecular formula is C34H57NO2. The quantitative estimate of drug-likeness (QED) is 0.346. The lowest BCUT2D eigenvalue weighted by Gasteiger charge is -2.58. The highest BCUT2D eigenvalue weighted by molar-refractivity contribution is 5.67. The molecule has 210 valence electrons. The van der Waals surface area contributed by atoms with E-state index in [1.165, 1.54) is 77.0 Å². The first-order chi connectivity index (χ1) is 17.7. The molecule has 1 N–H and O–H groups in total. The van der Waals surface area contributed by atoms with E-state index in [2.05, 4.69) is 46.0 Å². The standard InChI is InChI=1S/C34H57NO2/c1-23(2)10-9-11-24(3)29-16-17-30-28-15-14-25-22-27(37-32(36)35-26-12-7-6-8-13-26)18-20-33(25,4)31(28)19-21-34(29,30)5/h14,23-24,26-31H,6-13,15-22H2,1-5H3,(H,35,36)/t24-,27+,28-,29+,30-,31-,33+,34-/m1/s1. The number of hydrogen-bond acceptors (Lipinski definition) is 2. The van der Waals surface area contributed by atoms with E-state index in [1.807, 2.05) is 0 Å². The minimum absolute atomic E-state index is 0.0656. The van der Waals surface area contributed by atoms with Crippen LogP contribution in [0.5, 0.6) is 0 Å². The highest BCUT2D eigenvalue weighted by Crippen LogP contribution is 2.67. The van der Waals surface area contributed by atoms with Crippen LogP contribution >= 0.6 is 0 Å². The topological polar surface area (TPSA) is 38.3 Å². The third-order valence-corrected chi connectivity index (χ3v) is 12.5. The van der Waals surface area contributed by atoms with E-state index in [1.54, 1.807) is 5.57 Å². The predicted octanol–water partition coefficient (Wildman–Crippen LogP) is 9.46. The zero-order chi connectivity index (χ0) is 26.2. The van der Waals surface area contributed by atoms with Crippen LogP contribution in [0.25, 0.3) is 0 Å². The van der Waals surface area contributed by atoms with Gasteiger partial charge in [-0.15, -0.1) is 0 Å². The maximum Gasteiger partial charge on any atom is 0.407 e. The lowest BCUT2D eigenvalue weighted by atomic mass is 9.47. The van der Waals surface area contributed by atoms with Crippen molar-refractivity contribution in [2.24, 2.45) is 46.3 Å². The van der Waals surface area contributed by atoms with Gasteiger partial charge < -0.3 is 10.1 Å². The predicted molar refractivity (Wildman–Crippen MR) is 153 cm³/mol. The Bertz CT molecular complexity index is 828. The molecule has 1 amide bonds. The number of allylic oxidation sites excluding steroid dienone is 1. The molecule has 3 nitrogen and oxygen atoms in total. The smallest absolute Gasteiger partial charge is 0.407 e. The van der Waals surface area contributed by atoms with Gasteiger partial charge in [-0.25, -0.2) is 4.79 Å². The molecule has 0 radical (unpaired) electrons. The summed E-state index contributed by atoms with van der Waals surface area (Å²) in [5.41, 5.74) is 2.50. The van der Waals surface area contributed by atoms with E-state index in [0.29, 0.717) is 16.9 Å². The molecule has 8 atom stereocenters. The van der Waals surface area contributed by atoms with Crippen molar-refractivity contribution in [3.63, 3.8) is 0 Å². The normalized spacial score (nSPS) is 40.8. The van der Waals surface area contributed by atoms with Crippen LogP contribution in [0, 0.1) is 46.3 Å². The van der Waals surface area contributed by atoms with Crippen molar-refractivity contribution >= 4 is 6.09 Å². The summed E-state index contributed by atoms with van der Waals surface area (Å²) in [5, 5.41) is 3.17. The molecule has 37 heavy (non-hydrogen) atoms. The summed E-state index contributed by atoms with van der Waals surface area (Å²) in [4.78, 5) is 12.6. The molecule has 4 saturated carbocycles. The second kappa shape index (κ2) is 11.2. The molecule has 0 aromatic carbocycles. The molecular weight excluding hydrogens is 454 g/mol. The second-order valence-corrected chi connectivity index (χ2v) is 15.0. The van der Waals surface area contributed by atoms with Gasteiger partial charge in [-0.1, -0.05) is 84.8 Å². The summed E-state index contributed by atoms with van der Waals surface area (Å²) in [6, 6.07) is 0.328. The molecule has 0 heterocycles. The number of fused-ring (bicyclic) bond motifs is 5. The SMILES string of the molecule is CC(C)CCC[C@@H](C)[C@@H]1CC[C@@H]2[C@H]3CC=C4C[C@@H](OC(=O)NC5CCCCC5)CC[C@]4(C)[C@@H]3CC[C@@]21C. The van der Waals surface area contributed by atoms with Crippen LogP contribution in [-0.4, -0.2) is 18.2 Å². The Morgan fingerprint density at radius 2 is 1.76 bits per heavy atom. The molecule has 0 aliphatic heterocycles. The van der Waals surface area contributed by atoms with Crippen molar-refractivity contribution < 1.29 is 9.53 Å². The van der Waals surface area contributed by atoms with Gasteiger partial charge in [-0.05, 0) is 104 Å². The van der Waals surface area contributed by atoms with Crippen molar-refractivity contribution in [2.45, 2.75) is 149 Å². The number of nitrogens with one attached hydrogen (secondary N) is 1. The van der Waals surface area contributed by atoms with Crippen molar-refractivity contribution in [3.8, 4) is 0 Å². The molecule has 5 rings (SSSR count). The Hall–Kier alpha value is -0.990. The summed E-state index contributed by atoms with van der Waals surface area (Å²) in [7, 11) is 0. The molecule has 3 heteroatoms. The Balaban J connectivity index is 1.20. The van der Waals surface area contributed by atoms with E-state index in [-0.39, 0.29) is 12.2 Å². The molecule has 5 aliphatic rings. The van der Waals surface area contributed by atoms with Gasteiger partial charge >= 0.3 is 6.09 Å². The summed E-state index contributed by atoms with van der Waals surface area (Å²) >= 11 is 0. The highest BCUT2D eigenvalue weighted by atomic mass is 16.6. The van der Waals surface area contributed by atoms with Crippen LogP contribution in [0.2, 0.25) is 0 Å². The fourth-order valence-electron chi connectivity index (χ4n) is 10.4. The lowest BCUT2D eigenvalue weighted by Crippen LogP contribution is -2.51. The molecule has 0 saturated heterocycles.